The molecule has 0 aliphatic carbocycles. The lowest BCUT2D eigenvalue weighted by molar-refractivity contribution is -0.136. The molecular weight excluding hydrogens is 340 g/mol. The molecule has 112 valence electrons. The van der Waals surface area contributed by atoms with Crippen LogP contribution >= 0.6 is 27.3 Å². The number of carbonyl (C=O) groups is 1. The van der Waals surface area contributed by atoms with E-state index in [1.807, 2.05) is 12.4 Å². The molecular formula is C14H21BrN2O2S. The van der Waals surface area contributed by atoms with Crippen molar-refractivity contribution in [2.45, 2.75) is 26.0 Å². The summed E-state index contributed by atoms with van der Waals surface area (Å²) in [7, 11) is 1.86. The van der Waals surface area contributed by atoms with Gasteiger partial charge in [0.2, 0.25) is 5.91 Å². The van der Waals surface area contributed by atoms with Crippen LogP contribution < -0.4 is 0 Å². The third-order valence-corrected chi connectivity index (χ3v) is 4.99. The first kappa shape index (κ1) is 15.9. The van der Waals surface area contributed by atoms with Gasteiger partial charge in [-0.2, -0.15) is 0 Å². The standard InChI is InChI=1S/C14H21BrN2O2S/c1-14(2)10-17(4-5-19-14)8-13(18)16(3)7-12-6-11(15)9-20-12/h6,9H,4-5,7-8,10H2,1-3H3. The fourth-order valence-electron chi connectivity index (χ4n) is 2.32. The maximum atomic E-state index is 12.3. The number of halogens is 1. The van der Waals surface area contributed by atoms with Crippen molar-refractivity contribution < 1.29 is 9.53 Å². The zero-order valence-electron chi connectivity index (χ0n) is 12.2. The van der Waals surface area contributed by atoms with E-state index in [0.717, 1.165) is 17.6 Å². The number of nitrogens with zero attached hydrogens (tertiary/aromatic N) is 2. The van der Waals surface area contributed by atoms with Gasteiger partial charge in [0, 0.05) is 34.9 Å². The highest BCUT2D eigenvalue weighted by Gasteiger charge is 2.28. The molecule has 0 unspecified atom stereocenters. The third kappa shape index (κ3) is 4.55. The van der Waals surface area contributed by atoms with Gasteiger partial charge in [-0.05, 0) is 35.8 Å². The van der Waals surface area contributed by atoms with Crippen LogP contribution in [-0.2, 0) is 16.1 Å². The first-order valence-corrected chi connectivity index (χ1v) is 8.36. The minimum absolute atomic E-state index is 0.157. The maximum Gasteiger partial charge on any atom is 0.236 e. The molecule has 0 radical (unpaired) electrons. The zero-order chi connectivity index (χ0) is 14.8. The molecule has 1 aromatic rings. The molecule has 20 heavy (non-hydrogen) atoms. The van der Waals surface area contributed by atoms with Gasteiger partial charge < -0.3 is 9.64 Å². The van der Waals surface area contributed by atoms with Crippen LogP contribution in [0.1, 0.15) is 18.7 Å². The Bertz CT molecular complexity index is 475. The largest absolute Gasteiger partial charge is 0.373 e. The van der Waals surface area contributed by atoms with Crippen molar-refractivity contribution >= 4 is 33.2 Å². The Morgan fingerprint density at radius 1 is 1.60 bits per heavy atom. The Morgan fingerprint density at radius 2 is 2.35 bits per heavy atom. The predicted molar refractivity (Wildman–Crippen MR) is 85.0 cm³/mol. The summed E-state index contributed by atoms with van der Waals surface area (Å²) in [6, 6.07) is 2.06. The minimum Gasteiger partial charge on any atom is -0.373 e. The van der Waals surface area contributed by atoms with Gasteiger partial charge >= 0.3 is 0 Å². The van der Waals surface area contributed by atoms with E-state index in [0.29, 0.717) is 19.7 Å². The van der Waals surface area contributed by atoms with Gasteiger partial charge in [-0.3, -0.25) is 9.69 Å². The van der Waals surface area contributed by atoms with E-state index < -0.39 is 0 Å². The number of carbonyl (C=O) groups excluding carboxylic acids is 1. The van der Waals surface area contributed by atoms with E-state index in [2.05, 4.69) is 40.7 Å². The number of thiophene rings is 1. The van der Waals surface area contributed by atoms with Crippen molar-refractivity contribution in [2.75, 3.05) is 33.3 Å². The lowest BCUT2D eigenvalue weighted by atomic mass is 10.1. The third-order valence-electron chi connectivity index (χ3n) is 3.30. The number of ether oxygens (including phenoxy) is 1. The van der Waals surface area contributed by atoms with Gasteiger partial charge in [0.15, 0.2) is 0 Å². The fourth-order valence-corrected chi connectivity index (χ4v) is 3.82. The van der Waals surface area contributed by atoms with Crippen LogP contribution in [0.25, 0.3) is 0 Å². The molecule has 4 nitrogen and oxygen atoms in total. The van der Waals surface area contributed by atoms with Crippen LogP contribution in [0.15, 0.2) is 15.9 Å². The molecule has 1 saturated heterocycles. The molecule has 0 bridgehead atoms. The monoisotopic (exact) mass is 360 g/mol. The summed E-state index contributed by atoms with van der Waals surface area (Å²) < 4.78 is 6.74. The Hall–Kier alpha value is -0.430. The van der Waals surface area contributed by atoms with Gasteiger partial charge in [0.25, 0.3) is 0 Å². The van der Waals surface area contributed by atoms with Crippen LogP contribution in [0.5, 0.6) is 0 Å². The normalized spacial score (nSPS) is 19.0. The molecule has 6 heteroatoms. The molecule has 0 aromatic carbocycles. The lowest BCUT2D eigenvalue weighted by Crippen LogP contribution is -2.51. The second kappa shape index (κ2) is 6.56. The predicted octanol–water partition coefficient (Wildman–Crippen LogP) is 2.58. The van der Waals surface area contributed by atoms with Crippen molar-refractivity contribution in [3.63, 3.8) is 0 Å². The van der Waals surface area contributed by atoms with Crippen LogP contribution in [0.3, 0.4) is 0 Å². The highest BCUT2D eigenvalue weighted by atomic mass is 79.9. The average molecular weight is 361 g/mol. The second-order valence-electron chi connectivity index (χ2n) is 5.80. The van der Waals surface area contributed by atoms with Crippen LogP contribution in [0, 0.1) is 0 Å². The average Bonchev–Trinajstić information content (AvgIpc) is 2.73. The summed E-state index contributed by atoms with van der Waals surface area (Å²) >= 11 is 5.10. The maximum absolute atomic E-state index is 12.3. The Kier molecular flexibility index (Phi) is 5.23. The zero-order valence-corrected chi connectivity index (χ0v) is 14.6. The molecule has 0 spiro atoms. The van der Waals surface area contributed by atoms with Crippen molar-refractivity contribution in [1.82, 2.24) is 9.80 Å². The Morgan fingerprint density at radius 3 is 2.95 bits per heavy atom. The fraction of sp³-hybridized carbons (Fsp3) is 0.643. The summed E-state index contributed by atoms with van der Waals surface area (Å²) in [5, 5.41) is 2.04. The second-order valence-corrected chi connectivity index (χ2v) is 7.71. The first-order valence-electron chi connectivity index (χ1n) is 6.69. The Balaban J connectivity index is 1.84. The number of rotatable bonds is 4. The Labute approximate surface area is 132 Å². The van der Waals surface area contributed by atoms with Crippen LogP contribution in [-0.4, -0.2) is 54.6 Å². The van der Waals surface area contributed by atoms with Crippen molar-refractivity contribution in [1.29, 1.82) is 0 Å². The molecule has 1 amide bonds. The van der Waals surface area contributed by atoms with E-state index in [4.69, 9.17) is 4.74 Å². The van der Waals surface area contributed by atoms with E-state index in [9.17, 15) is 4.79 Å². The molecule has 1 aliphatic rings. The molecule has 1 fully saturated rings. The smallest absolute Gasteiger partial charge is 0.236 e. The van der Waals surface area contributed by atoms with Gasteiger partial charge in [0.1, 0.15) is 0 Å². The topological polar surface area (TPSA) is 32.8 Å². The summed E-state index contributed by atoms with van der Waals surface area (Å²) in [4.78, 5) is 17.4. The lowest BCUT2D eigenvalue weighted by Gasteiger charge is -2.38. The van der Waals surface area contributed by atoms with Gasteiger partial charge in [0.05, 0.1) is 25.3 Å². The molecule has 0 saturated carbocycles. The van der Waals surface area contributed by atoms with Crippen molar-refractivity contribution in [2.24, 2.45) is 0 Å². The van der Waals surface area contributed by atoms with Gasteiger partial charge in [-0.1, -0.05) is 0 Å². The molecule has 1 aromatic heterocycles. The highest BCUT2D eigenvalue weighted by Crippen LogP contribution is 2.21. The molecule has 2 heterocycles. The molecule has 2 rings (SSSR count). The quantitative estimate of drug-likeness (QED) is 0.827. The molecule has 0 N–H and O–H groups in total. The number of likely N-dealkylation sites (N-methyl/N-ethyl adjacent to an activating group) is 1. The first-order chi connectivity index (χ1) is 9.35. The van der Waals surface area contributed by atoms with E-state index in [1.54, 1.807) is 16.2 Å². The number of morpholine rings is 1. The van der Waals surface area contributed by atoms with E-state index in [1.165, 1.54) is 4.88 Å². The van der Waals surface area contributed by atoms with E-state index >= 15 is 0 Å². The van der Waals surface area contributed by atoms with Gasteiger partial charge in [-0.25, -0.2) is 0 Å². The SMILES string of the molecule is CN(Cc1cc(Br)cs1)C(=O)CN1CCOC(C)(C)C1. The summed E-state index contributed by atoms with van der Waals surface area (Å²) in [5.41, 5.74) is -0.157. The van der Waals surface area contributed by atoms with Gasteiger partial charge in [-0.15, -0.1) is 11.3 Å². The van der Waals surface area contributed by atoms with Crippen LogP contribution in [0.2, 0.25) is 0 Å². The van der Waals surface area contributed by atoms with E-state index in [-0.39, 0.29) is 11.5 Å². The summed E-state index contributed by atoms with van der Waals surface area (Å²) in [6.45, 7) is 7.60. The molecule has 0 atom stereocenters. The number of amides is 1. The molecule has 1 aliphatic heterocycles. The highest BCUT2D eigenvalue weighted by molar-refractivity contribution is 9.10. The van der Waals surface area contributed by atoms with Crippen molar-refractivity contribution in [3.05, 3.63) is 20.8 Å². The van der Waals surface area contributed by atoms with Crippen molar-refractivity contribution in [3.8, 4) is 0 Å². The summed E-state index contributed by atoms with van der Waals surface area (Å²) in [5.74, 6) is 0.159. The van der Waals surface area contributed by atoms with Crippen LogP contribution in [0.4, 0.5) is 0 Å². The number of hydrogen-bond acceptors (Lipinski definition) is 4. The number of hydrogen-bond donors (Lipinski definition) is 0. The minimum atomic E-state index is -0.157. The summed E-state index contributed by atoms with van der Waals surface area (Å²) in [6.07, 6.45) is 0.